The fourth-order valence-electron chi connectivity index (χ4n) is 0.0643. The predicted octanol–water partition coefficient (Wildman–Crippen LogP) is 1.84. The molecule has 0 fully saturated rings. The highest BCUT2D eigenvalue weighted by Gasteiger charge is 1.82. The molecular formula is C7H13NO2. The van der Waals surface area contributed by atoms with Gasteiger partial charge in [0.25, 0.3) is 6.26 Å². The Hall–Kier alpha value is -1.04. The molecule has 0 aliphatic carbocycles. The van der Waals surface area contributed by atoms with Gasteiger partial charge in [0.1, 0.15) is 0 Å². The zero-order valence-electron chi connectivity index (χ0n) is 6.68. The topological polar surface area (TPSA) is 50.1 Å². The quantitative estimate of drug-likeness (QED) is 0.415. The highest BCUT2D eigenvalue weighted by atomic mass is 16.5. The first-order valence-corrected chi connectivity index (χ1v) is 3.25. The summed E-state index contributed by atoms with van der Waals surface area (Å²) in [4.78, 5) is 9.60. The van der Waals surface area contributed by atoms with Crippen LogP contribution in [0.2, 0.25) is 0 Å². The van der Waals surface area contributed by atoms with Crippen molar-refractivity contribution in [2.24, 2.45) is 0 Å². The number of hydrogen-bond acceptors (Lipinski definition) is 3. The van der Waals surface area contributed by atoms with Crippen LogP contribution in [0.25, 0.3) is 0 Å². The van der Waals surface area contributed by atoms with Gasteiger partial charge in [-0.25, -0.2) is 0 Å². The molecule has 0 radical (unpaired) electrons. The zero-order chi connectivity index (χ0) is 8.41. The predicted molar refractivity (Wildman–Crippen MR) is 38.0 cm³/mol. The van der Waals surface area contributed by atoms with E-state index >= 15 is 0 Å². The van der Waals surface area contributed by atoms with Gasteiger partial charge in [-0.15, -0.1) is 5.26 Å². The number of carbonyl (C=O) groups is 1. The van der Waals surface area contributed by atoms with Crippen molar-refractivity contribution in [1.29, 1.82) is 5.26 Å². The maximum Gasteiger partial charge on any atom is 0.318 e. The molecule has 0 saturated carbocycles. The molecule has 0 saturated heterocycles. The Morgan fingerprint density at radius 3 is 1.90 bits per heavy atom. The zero-order valence-corrected chi connectivity index (χ0v) is 6.68. The second-order valence-electron chi connectivity index (χ2n) is 1.68. The van der Waals surface area contributed by atoms with Gasteiger partial charge < -0.3 is 4.74 Å². The second-order valence-corrected chi connectivity index (χ2v) is 1.68. The largest absolute Gasteiger partial charge is 0.351 e. The third-order valence-electron chi connectivity index (χ3n) is 0.689. The highest BCUT2D eigenvalue weighted by Crippen LogP contribution is 1.76. The maximum atomic E-state index is 9.60. The van der Waals surface area contributed by atoms with Gasteiger partial charge in [0.2, 0.25) is 0 Å². The molecule has 0 spiro atoms. The molecule has 0 rings (SSSR count). The van der Waals surface area contributed by atoms with Gasteiger partial charge in [0, 0.05) is 6.92 Å². The van der Waals surface area contributed by atoms with Gasteiger partial charge in [0.05, 0.1) is 0 Å². The van der Waals surface area contributed by atoms with E-state index in [-0.39, 0.29) is 0 Å². The molecule has 0 aliphatic heterocycles. The minimum absolute atomic E-state index is 0.572. The van der Waals surface area contributed by atoms with Crippen molar-refractivity contribution in [1.82, 2.24) is 0 Å². The van der Waals surface area contributed by atoms with Crippen LogP contribution >= 0.6 is 0 Å². The van der Waals surface area contributed by atoms with E-state index < -0.39 is 5.97 Å². The molecule has 58 valence electrons. The van der Waals surface area contributed by atoms with E-state index in [1.165, 1.54) is 26.0 Å². The van der Waals surface area contributed by atoms with Crippen LogP contribution in [0.1, 0.15) is 33.6 Å². The number of esters is 1. The number of nitrogens with zero attached hydrogens (tertiary/aromatic N) is 1. The average Bonchev–Trinajstić information content (AvgIpc) is 1.89. The Morgan fingerprint density at radius 1 is 1.50 bits per heavy atom. The number of ether oxygens (including phenoxy) is 1. The molecule has 3 nitrogen and oxygen atoms in total. The van der Waals surface area contributed by atoms with Crippen LogP contribution in [0.4, 0.5) is 0 Å². The molecule has 0 aromatic heterocycles. The molecule has 0 atom stereocenters. The van der Waals surface area contributed by atoms with Gasteiger partial charge >= 0.3 is 5.97 Å². The molecule has 0 bridgehead atoms. The van der Waals surface area contributed by atoms with Crippen LogP contribution in [0.3, 0.4) is 0 Å². The van der Waals surface area contributed by atoms with Crippen molar-refractivity contribution in [2.45, 2.75) is 33.6 Å². The van der Waals surface area contributed by atoms with E-state index in [9.17, 15) is 4.79 Å². The fraction of sp³-hybridized carbons (Fsp3) is 0.714. The smallest absolute Gasteiger partial charge is 0.318 e. The first kappa shape index (κ1) is 11.7. The normalized spacial score (nSPS) is 6.60. The monoisotopic (exact) mass is 143 g/mol. The summed E-state index contributed by atoms with van der Waals surface area (Å²) in [6.07, 6.45) is 3.86. The molecular weight excluding hydrogens is 130 g/mol. The second kappa shape index (κ2) is 10.9. The van der Waals surface area contributed by atoms with E-state index in [0.29, 0.717) is 0 Å². The number of unbranched alkanes of at least 4 members (excludes halogenated alkanes) is 1. The van der Waals surface area contributed by atoms with Gasteiger partial charge in [-0.05, 0) is 0 Å². The lowest BCUT2D eigenvalue weighted by Crippen LogP contribution is -1.88. The van der Waals surface area contributed by atoms with E-state index in [1.807, 2.05) is 0 Å². The van der Waals surface area contributed by atoms with E-state index in [2.05, 4.69) is 18.6 Å². The standard InChI is InChI=1S/C4H10.C3H3NO2/c1-3-4-2;1-3(5)6-2-4/h3-4H2,1-2H3;1H3. The molecule has 0 unspecified atom stereocenters. The van der Waals surface area contributed by atoms with Gasteiger partial charge in [-0.3, -0.25) is 4.79 Å². The lowest BCUT2D eigenvalue weighted by molar-refractivity contribution is -0.134. The average molecular weight is 143 g/mol. The lowest BCUT2D eigenvalue weighted by Gasteiger charge is -1.75. The van der Waals surface area contributed by atoms with E-state index in [1.54, 1.807) is 0 Å². The summed E-state index contributed by atoms with van der Waals surface area (Å²) in [5, 5.41) is 7.54. The van der Waals surface area contributed by atoms with Crippen LogP contribution in [-0.2, 0) is 9.53 Å². The van der Waals surface area contributed by atoms with Crippen LogP contribution in [0.15, 0.2) is 0 Å². The third-order valence-corrected chi connectivity index (χ3v) is 0.689. The Bertz CT molecular complexity index is 113. The molecule has 0 aromatic rings. The summed E-state index contributed by atoms with van der Waals surface area (Å²) in [5.41, 5.74) is 0. The molecule has 0 aliphatic rings. The minimum atomic E-state index is -0.572. The summed E-state index contributed by atoms with van der Waals surface area (Å²) in [7, 11) is 0. The van der Waals surface area contributed by atoms with Crippen LogP contribution in [-0.4, -0.2) is 5.97 Å². The van der Waals surface area contributed by atoms with E-state index in [0.717, 1.165) is 0 Å². The van der Waals surface area contributed by atoms with E-state index in [4.69, 9.17) is 5.26 Å². The molecule has 3 heteroatoms. The molecule has 0 N–H and O–H groups in total. The molecule has 10 heavy (non-hydrogen) atoms. The summed E-state index contributed by atoms with van der Waals surface area (Å²) < 4.78 is 3.71. The number of nitriles is 1. The Kier molecular flexibility index (Phi) is 12.7. The van der Waals surface area contributed by atoms with Gasteiger partial charge in [0.15, 0.2) is 0 Å². The molecule has 0 aromatic carbocycles. The third kappa shape index (κ3) is 28.2. The minimum Gasteiger partial charge on any atom is -0.351 e. The van der Waals surface area contributed by atoms with Crippen molar-refractivity contribution in [3.8, 4) is 6.26 Å². The highest BCUT2D eigenvalue weighted by molar-refractivity contribution is 5.66. The summed E-state index contributed by atoms with van der Waals surface area (Å²) in [6, 6.07) is 0. The van der Waals surface area contributed by atoms with Crippen LogP contribution in [0.5, 0.6) is 0 Å². The SMILES string of the molecule is CC(=O)OC#N.CCCC. The Morgan fingerprint density at radius 2 is 1.90 bits per heavy atom. The number of carbonyl (C=O) groups excluding carboxylic acids is 1. The van der Waals surface area contributed by atoms with Gasteiger partial charge in [-0.1, -0.05) is 26.7 Å². The number of hydrogen-bond donors (Lipinski definition) is 0. The summed E-state index contributed by atoms with van der Waals surface area (Å²) in [6.45, 7) is 5.53. The van der Waals surface area contributed by atoms with Crippen LogP contribution in [0, 0.1) is 11.5 Å². The Balaban J connectivity index is 0. The van der Waals surface area contributed by atoms with Crippen molar-refractivity contribution >= 4 is 5.97 Å². The number of rotatable bonds is 1. The van der Waals surface area contributed by atoms with Gasteiger partial charge in [-0.2, -0.15) is 0 Å². The van der Waals surface area contributed by atoms with Crippen molar-refractivity contribution in [3.05, 3.63) is 0 Å². The summed E-state index contributed by atoms with van der Waals surface area (Å²) in [5.74, 6) is -0.572. The molecule has 0 heterocycles. The van der Waals surface area contributed by atoms with Crippen LogP contribution < -0.4 is 0 Å². The first-order valence-electron chi connectivity index (χ1n) is 3.25. The fourth-order valence-corrected chi connectivity index (χ4v) is 0.0643. The van der Waals surface area contributed by atoms with Crippen molar-refractivity contribution in [3.63, 3.8) is 0 Å². The lowest BCUT2D eigenvalue weighted by atomic mass is 10.4. The van der Waals surface area contributed by atoms with Crippen molar-refractivity contribution in [2.75, 3.05) is 0 Å². The first-order chi connectivity index (χ1) is 4.68. The summed E-state index contributed by atoms with van der Waals surface area (Å²) >= 11 is 0. The Labute approximate surface area is 61.6 Å². The maximum absolute atomic E-state index is 9.60. The van der Waals surface area contributed by atoms with Crippen molar-refractivity contribution < 1.29 is 9.53 Å². The molecule has 0 amide bonds.